The first-order valence-electron chi connectivity index (χ1n) is 10.8. The molecule has 0 saturated carbocycles. The monoisotopic (exact) mass is 428 g/mol. The fourth-order valence-electron chi connectivity index (χ4n) is 4.49. The molecular formula is C23H29ClN4O2. The molecule has 1 atom stereocenters. The first kappa shape index (κ1) is 21.1. The van der Waals surface area contributed by atoms with Gasteiger partial charge in [-0.3, -0.25) is 19.5 Å². The lowest BCUT2D eigenvalue weighted by Crippen LogP contribution is -2.53. The van der Waals surface area contributed by atoms with Crippen LogP contribution >= 0.6 is 11.6 Å². The number of aromatic nitrogens is 1. The lowest BCUT2D eigenvalue weighted by atomic mass is 10.0. The van der Waals surface area contributed by atoms with Gasteiger partial charge in [0, 0.05) is 49.2 Å². The molecule has 0 N–H and O–H groups in total. The second kappa shape index (κ2) is 8.90. The number of carbonyl (C=O) groups is 2. The Hall–Kier alpha value is -2.18. The molecule has 0 radical (unpaired) electrons. The van der Waals surface area contributed by atoms with E-state index in [9.17, 15) is 9.59 Å². The Bertz CT molecular complexity index is 956. The van der Waals surface area contributed by atoms with Crippen molar-refractivity contribution in [2.24, 2.45) is 0 Å². The minimum absolute atomic E-state index is 0.00231. The molecule has 0 spiro atoms. The predicted octanol–water partition coefficient (Wildman–Crippen LogP) is 3.36. The van der Waals surface area contributed by atoms with Gasteiger partial charge in [-0.25, -0.2) is 0 Å². The molecule has 2 aliphatic rings. The van der Waals surface area contributed by atoms with Crippen molar-refractivity contribution in [3.63, 3.8) is 0 Å². The molecule has 0 bridgehead atoms. The van der Waals surface area contributed by atoms with Crippen molar-refractivity contribution in [3.8, 4) is 0 Å². The van der Waals surface area contributed by atoms with Crippen molar-refractivity contribution in [1.82, 2.24) is 19.7 Å². The van der Waals surface area contributed by atoms with E-state index in [4.69, 9.17) is 11.6 Å². The highest BCUT2D eigenvalue weighted by Crippen LogP contribution is 2.22. The average Bonchev–Trinajstić information content (AvgIpc) is 2.74. The third-order valence-corrected chi connectivity index (χ3v) is 6.57. The normalized spacial score (nSPS) is 20.6. The highest BCUT2D eigenvalue weighted by molar-refractivity contribution is 6.31. The summed E-state index contributed by atoms with van der Waals surface area (Å²) in [5, 5.41) is 1.50. The number of fused-ring (bicyclic) bond motifs is 1. The van der Waals surface area contributed by atoms with Crippen LogP contribution in [0.2, 0.25) is 5.02 Å². The van der Waals surface area contributed by atoms with Gasteiger partial charge < -0.3 is 9.80 Å². The summed E-state index contributed by atoms with van der Waals surface area (Å²) in [7, 11) is 0. The van der Waals surface area contributed by atoms with Crippen molar-refractivity contribution < 1.29 is 9.59 Å². The molecule has 160 valence electrons. The van der Waals surface area contributed by atoms with Crippen molar-refractivity contribution in [2.75, 3.05) is 39.3 Å². The summed E-state index contributed by atoms with van der Waals surface area (Å²) in [5.41, 5.74) is 2.19. The van der Waals surface area contributed by atoms with E-state index in [1.54, 1.807) is 0 Å². The molecular weight excluding hydrogens is 400 g/mol. The fourth-order valence-corrected chi connectivity index (χ4v) is 4.67. The number of amides is 2. The van der Waals surface area contributed by atoms with Crippen LogP contribution in [0, 0.1) is 6.92 Å². The van der Waals surface area contributed by atoms with Crippen LogP contribution in [0.5, 0.6) is 0 Å². The largest absolute Gasteiger partial charge is 0.339 e. The van der Waals surface area contributed by atoms with E-state index in [0.29, 0.717) is 49.4 Å². The number of hydrogen-bond donors (Lipinski definition) is 0. The number of nitrogens with zero attached hydrogens (tertiary/aromatic N) is 4. The number of pyridine rings is 1. The van der Waals surface area contributed by atoms with Crippen LogP contribution in [0.15, 0.2) is 24.3 Å². The second-order valence-electron chi connectivity index (χ2n) is 8.46. The molecule has 30 heavy (non-hydrogen) atoms. The van der Waals surface area contributed by atoms with E-state index in [2.05, 4.69) is 16.8 Å². The topological polar surface area (TPSA) is 56.8 Å². The molecule has 6 nitrogen and oxygen atoms in total. The number of halogens is 1. The van der Waals surface area contributed by atoms with E-state index in [1.807, 2.05) is 41.0 Å². The quantitative estimate of drug-likeness (QED) is 0.752. The highest BCUT2D eigenvalue weighted by atomic mass is 35.5. The van der Waals surface area contributed by atoms with Crippen molar-refractivity contribution >= 4 is 34.3 Å². The predicted molar refractivity (Wildman–Crippen MR) is 119 cm³/mol. The molecule has 2 amide bonds. The summed E-state index contributed by atoms with van der Waals surface area (Å²) in [4.78, 5) is 36.5. The maximum atomic E-state index is 13.1. The van der Waals surface area contributed by atoms with Crippen LogP contribution in [-0.4, -0.2) is 76.8 Å². The van der Waals surface area contributed by atoms with Crippen molar-refractivity contribution in [2.45, 2.75) is 39.2 Å². The van der Waals surface area contributed by atoms with Gasteiger partial charge in [0.1, 0.15) is 0 Å². The highest BCUT2D eigenvalue weighted by Gasteiger charge is 2.28. The summed E-state index contributed by atoms with van der Waals surface area (Å²) in [6.07, 6.45) is 3.40. The van der Waals surface area contributed by atoms with Gasteiger partial charge in [0.05, 0.1) is 23.3 Å². The number of rotatable bonds is 3. The molecule has 4 rings (SSSR count). The minimum atomic E-state index is -0.00231. The summed E-state index contributed by atoms with van der Waals surface area (Å²) >= 11 is 6.10. The summed E-state index contributed by atoms with van der Waals surface area (Å²) in [6.45, 7) is 8.00. The maximum absolute atomic E-state index is 13.1. The number of aryl methyl sites for hydroxylation is 1. The van der Waals surface area contributed by atoms with Gasteiger partial charge in [0.25, 0.3) is 5.91 Å². The minimum Gasteiger partial charge on any atom is -0.339 e. The van der Waals surface area contributed by atoms with Gasteiger partial charge in [-0.05, 0) is 57.4 Å². The van der Waals surface area contributed by atoms with Gasteiger partial charge in [0.15, 0.2) is 0 Å². The van der Waals surface area contributed by atoms with Gasteiger partial charge >= 0.3 is 0 Å². The Balaban J connectivity index is 1.38. The molecule has 1 aromatic heterocycles. The molecule has 2 fully saturated rings. The average molecular weight is 429 g/mol. The Labute approximate surface area is 182 Å². The zero-order valence-corrected chi connectivity index (χ0v) is 18.5. The number of piperazine rings is 1. The lowest BCUT2D eigenvalue weighted by molar-refractivity contribution is -0.136. The first-order chi connectivity index (χ1) is 14.4. The van der Waals surface area contributed by atoms with Crippen molar-refractivity contribution in [3.05, 3.63) is 40.5 Å². The van der Waals surface area contributed by atoms with Crippen LogP contribution in [0.3, 0.4) is 0 Å². The van der Waals surface area contributed by atoms with Crippen LogP contribution in [0.1, 0.15) is 42.2 Å². The smallest absolute Gasteiger partial charge is 0.255 e. The Morgan fingerprint density at radius 2 is 1.87 bits per heavy atom. The van der Waals surface area contributed by atoms with E-state index in [0.717, 1.165) is 36.0 Å². The fraction of sp³-hybridized carbons (Fsp3) is 0.522. The molecule has 3 heterocycles. The van der Waals surface area contributed by atoms with Gasteiger partial charge in [-0.1, -0.05) is 11.6 Å². The van der Waals surface area contributed by atoms with E-state index < -0.39 is 0 Å². The molecule has 2 aliphatic heterocycles. The molecule has 1 aromatic carbocycles. The SMILES string of the molecule is Cc1nc2ccc(Cl)cc2cc1C(=O)N1CCN(CC(=O)N2CCCC[C@H]2C)CC1. The Kier molecular flexibility index (Phi) is 6.25. The third-order valence-electron chi connectivity index (χ3n) is 6.34. The molecule has 0 unspecified atom stereocenters. The Morgan fingerprint density at radius 3 is 2.60 bits per heavy atom. The first-order valence-corrected chi connectivity index (χ1v) is 11.2. The summed E-state index contributed by atoms with van der Waals surface area (Å²) in [5.74, 6) is 0.214. The molecule has 2 saturated heterocycles. The number of hydrogen-bond acceptors (Lipinski definition) is 4. The van der Waals surface area contributed by atoms with Crippen LogP contribution in [0.25, 0.3) is 10.9 Å². The molecule has 7 heteroatoms. The molecule has 0 aliphatic carbocycles. The number of benzene rings is 1. The third kappa shape index (κ3) is 4.44. The maximum Gasteiger partial charge on any atom is 0.255 e. The second-order valence-corrected chi connectivity index (χ2v) is 8.90. The molecule has 2 aromatic rings. The van der Waals surface area contributed by atoms with Crippen LogP contribution in [0.4, 0.5) is 0 Å². The van der Waals surface area contributed by atoms with Gasteiger partial charge in [-0.2, -0.15) is 0 Å². The number of piperidine rings is 1. The number of carbonyl (C=O) groups excluding carboxylic acids is 2. The number of likely N-dealkylation sites (tertiary alicyclic amines) is 1. The van der Waals surface area contributed by atoms with Crippen LogP contribution in [-0.2, 0) is 4.79 Å². The van der Waals surface area contributed by atoms with Crippen LogP contribution < -0.4 is 0 Å². The zero-order valence-electron chi connectivity index (χ0n) is 17.7. The van der Waals surface area contributed by atoms with E-state index in [1.165, 1.54) is 6.42 Å². The van der Waals surface area contributed by atoms with Gasteiger partial charge in [-0.15, -0.1) is 0 Å². The lowest BCUT2D eigenvalue weighted by Gasteiger charge is -2.38. The van der Waals surface area contributed by atoms with Crippen molar-refractivity contribution in [1.29, 1.82) is 0 Å². The summed E-state index contributed by atoms with van der Waals surface area (Å²) < 4.78 is 0. The zero-order chi connectivity index (χ0) is 21.3. The van der Waals surface area contributed by atoms with Gasteiger partial charge in [0.2, 0.25) is 5.91 Å². The standard InChI is InChI=1S/C23H29ClN4O2/c1-16-5-3-4-8-28(16)22(29)15-26-9-11-27(12-10-26)23(30)20-14-18-13-19(24)6-7-21(18)25-17(20)2/h6-7,13-14,16H,3-5,8-12,15H2,1-2H3/t16-/m1/s1. The Morgan fingerprint density at radius 1 is 1.10 bits per heavy atom. The summed E-state index contributed by atoms with van der Waals surface area (Å²) in [6, 6.07) is 7.75. The van der Waals surface area contributed by atoms with E-state index in [-0.39, 0.29) is 11.8 Å². The van der Waals surface area contributed by atoms with E-state index >= 15 is 0 Å².